The lowest BCUT2D eigenvalue weighted by atomic mass is 10.1. The smallest absolute Gasteiger partial charge is 0.208 e. The molecule has 24 heavy (non-hydrogen) atoms. The number of anilines is 1. The maximum absolute atomic E-state index is 13.0. The first-order valence-corrected chi connectivity index (χ1v) is 8.75. The Hall–Kier alpha value is -2.35. The monoisotopic (exact) mass is 344 g/mol. The van der Waals surface area contributed by atoms with Crippen molar-refractivity contribution in [1.82, 2.24) is 25.0 Å². The second-order valence-corrected chi connectivity index (χ2v) is 6.92. The minimum absolute atomic E-state index is 0.216. The largest absolute Gasteiger partial charge is 0.347 e. The number of nitrogens with zero attached hydrogens (tertiary/aromatic N) is 6. The first kappa shape index (κ1) is 15.2. The van der Waals surface area contributed by atoms with Gasteiger partial charge in [0.25, 0.3) is 0 Å². The number of halogens is 1. The summed E-state index contributed by atoms with van der Waals surface area (Å²) in [6.07, 6.45) is 6.10. The standard InChI is InChI=1S/C16H17FN6S/c17-13-3-1-12(2-4-13)9-15-20-21-16(24-15)22-7-5-14(6-8-22)23-11-18-10-19-23/h1-4,10-11,14H,5-9H2. The Labute approximate surface area is 143 Å². The van der Waals surface area contributed by atoms with Crippen molar-refractivity contribution in [2.24, 2.45) is 0 Å². The molecule has 1 saturated heterocycles. The molecule has 6 nitrogen and oxygen atoms in total. The van der Waals surface area contributed by atoms with Gasteiger partial charge in [-0.15, -0.1) is 10.2 Å². The van der Waals surface area contributed by atoms with Crippen molar-refractivity contribution in [2.45, 2.75) is 25.3 Å². The normalized spacial score (nSPS) is 15.8. The third kappa shape index (κ3) is 3.28. The topological polar surface area (TPSA) is 59.7 Å². The number of benzene rings is 1. The van der Waals surface area contributed by atoms with Gasteiger partial charge in [-0.25, -0.2) is 14.1 Å². The van der Waals surface area contributed by atoms with Crippen molar-refractivity contribution in [3.05, 3.63) is 53.3 Å². The van der Waals surface area contributed by atoms with Crippen molar-refractivity contribution < 1.29 is 4.39 Å². The van der Waals surface area contributed by atoms with Gasteiger partial charge in [0, 0.05) is 19.5 Å². The molecule has 0 radical (unpaired) electrons. The molecule has 0 amide bonds. The summed E-state index contributed by atoms with van der Waals surface area (Å²) < 4.78 is 14.9. The van der Waals surface area contributed by atoms with E-state index in [1.165, 1.54) is 12.1 Å². The van der Waals surface area contributed by atoms with Crippen LogP contribution >= 0.6 is 11.3 Å². The van der Waals surface area contributed by atoms with Gasteiger partial charge in [0.05, 0.1) is 6.04 Å². The van der Waals surface area contributed by atoms with E-state index in [1.807, 2.05) is 4.68 Å². The molecule has 0 N–H and O–H groups in total. The molecule has 1 aliphatic heterocycles. The second-order valence-electron chi connectivity index (χ2n) is 5.88. The SMILES string of the molecule is Fc1ccc(Cc2nnc(N3CCC(n4cncn4)CC3)s2)cc1. The fourth-order valence-electron chi connectivity index (χ4n) is 2.95. The summed E-state index contributed by atoms with van der Waals surface area (Å²) in [7, 11) is 0. The number of hydrogen-bond donors (Lipinski definition) is 0. The zero-order chi connectivity index (χ0) is 16.4. The van der Waals surface area contributed by atoms with Crippen LogP contribution in [0.15, 0.2) is 36.9 Å². The molecule has 0 saturated carbocycles. The van der Waals surface area contributed by atoms with E-state index in [2.05, 4.69) is 25.2 Å². The summed E-state index contributed by atoms with van der Waals surface area (Å²) in [6, 6.07) is 6.95. The van der Waals surface area contributed by atoms with Crippen LogP contribution in [0.1, 0.15) is 29.5 Å². The van der Waals surface area contributed by atoms with Crippen molar-refractivity contribution in [2.75, 3.05) is 18.0 Å². The fourth-order valence-corrected chi connectivity index (χ4v) is 3.87. The second kappa shape index (κ2) is 6.64. The van der Waals surface area contributed by atoms with Gasteiger partial charge in [-0.1, -0.05) is 23.5 Å². The van der Waals surface area contributed by atoms with E-state index < -0.39 is 0 Å². The highest BCUT2D eigenvalue weighted by molar-refractivity contribution is 7.15. The highest BCUT2D eigenvalue weighted by atomic mass is 32.1. The van der Waals surface area contributed by atoms with E-state index in [-0.39, 0.29) is 5.82 Å². The molecule has 0 aliphatic carbocycles. The average Bonchev–Trinajstić information content (AvgIpc) is 3.29. The minimum atomic E-state index is -0.216. The Balaban J connectivity index is 1.38. The molecular formula is C16H17FN6S. The van der Waals surface area contributed by atoms with Gasteiger partial charge in [-0.3, -0.25) is 0 Å². The van der Waals surface area contributed by atoms with E-state index >= 15 is 0 Å². The molecule has 0 unspecified atom stereocenters. The molecule has 0 atom stereocenters. The van der Waals surface area contributed by atoms with Crippen molar-refractivity contribution in [3.63, 3.8) is 0 Å². The zero-order valence-corrected chi connectivity index (χ0v) is 13.9. The number of hydrogen-bond acceptors (Lipinski definition) is 6. The first-order chi connectivity index (χ1) is 11.8. The van der Waals surface area contributed by atoms with E-state index in [0.29, 0.717) is 12.5 Å². The summed E-state index contributed by atoms with van der Waals surface area (Å²) >= 11 is 1.61. The summed E-state index contributed by atoms with van der Waals surface area (Å²) in [5, 5.41) is 14.8. The molecule has 1 fully saturated rings. The molecule has 2 aromatic heterocycles. The molecule has 1 aliphatic rings. The van der Waals surface area contributed by atoms with Crippen LogP contribution in [0.5, 0.6) is 0 Å². The Morgan fingerprint density at radius 3 is 2.62 bits per heavy atom. The predicted octanol–water partition coefficient (Wildman–Crippen LogP) is 2.70. The first-order valence-electron chi connectivity index (χ1n) is 7.94. The summed E-state index contributed by atoms with van der Waals surface area (Å²) in [5.74, 6) is -0.216. The molecule has 4 rings (SSSR count). The summed E-state index contributed by atoms with van der Waals surface area (Å²) in [4.78, 5) is 6.29. The molecule has 0 spiro atoms. The van der Waals surface area contributed by atoms with E-state index in [1.54, 1.807) is 36.1 Å². The number of aromatic nitrogens is 5. The highest BCUT2D eigenvalue weighted by Crippen LogP contribution is 2.28. The molecule has 0 bridgehead atoms. The molecule has 8 heteroatoms. The Kier molecular flexibility index (Phi) is 4.20. The van der Waals surface area contributed by atoms with Crippen LogP contribution in [0.3, 0.4) is 0 Å². The van der Waals surface area contributed by atoms with Gasteiger partial charge in [-0.05, 0) is 30.5 Å². The third-order valence-electron chi connectivity index (χ3n) is 4.27. The van der Waals surface area contributed by atoms with Gasteiger partial charge in [0.15, 0.2) is 0 Å². The quantitative estimate of drug-likeness (QED) is 0.728. The Morgan fingerprint density at radius 1 is 1.12 bits per heavy atom. The molecule has 124 valence electrons. The Morgan fingerprint density at radius 2 is 1.92 bits per heavy atom. The summed E-state index contributed by atoms with van der Waals surface area (Å²) in [5.41, 5.74) is 1.05. The molecular weight excluding hydrogens is 327 g/mol. The van der Waals surface area contributed by atoms with Crippen molar-refractivity contribution in [1.29, 1.82) is 0 Å². The van der Waals surface area contributed by atoms with Crippen LogP contribution in [0.4, 0.5) is 9.52 Å². The van der Waals surface area contributed by atoms with Gasteiger partial charge in [0.2, 0.25) is 5.13 Å². The van der Waals surface area contributed by atoms with E-state index in [4.69, 9.17) is 0 Å². The van der Waals surface area contributed by atoms with Gasteiger partial charge in [0.1, 0.15) is 23.5 Å². The average molecular weight is 344 g/mol. The lowest BCUT2D eigenvalue weighted by molar-refractivity contribution is 0.366. The van der Waals surface area contributed by atoms with Gasteiger partial charge < -0.3 is 4.90 Å². The predicted molar refractivity (Wildman–Crippen MR) is 89.6 cm³/mol. The Bertz CT molecular complexity index is 777. The number of rotatable bonds is 4. The fraction of sp³-hybridized carbons (Fsp3) is 0.375. The maximum Gasteiger partial charge on any atom is 0.208 e. The van der Waals surface area contributed by atoms with Crippen molar-refractivity contribution >= 4 is 16.5 Å². The van der Waals surface area contributed by atoms with Crippen LogP contribution in [0.25, 0.3) is 0 Å². The van der Waals surface area contributed by atoms with Crippen LogP contribution < -0.4 is 4.90 Å². The maximum atomic E-state index is 13.0. The molecule has 3 aromatic rings. The number of piperidine rings is 1. The van der Waals surface area contributed by atoms with Crippen LogP contribution in [0.2, 0.25) is 0 Å². The van der Waals surface area contributed by atoms with E-state index in [9.17, 15) is 4.39 Å². The minimum Gasteiger partial charge on any atom is -0.347 e. The van der Waals surface area contributed by atoms with Crippen LogP contribution in [-0.4, -0.2) is 38.1 Å². The third-order valence-corrected chi connectivity index (χ3v) is 5.25. The molecule has 1 aromatic carbocycles. The lowest BCUT2D eigenvalue weighted by Crippen LogP contribution is -2.34. The van der Waals surface area contributed by atoms with Crippen LogP contribution in [-0.2, 0) is 6.42 Å². The van der Waals surface area contributed by atoms with E-state index in [0.717, 1.165) is 41.6 Å². The zero-order valence-electron chi connectivity index (χ0n) is 13.0. The van der Waals surface area contributed by atoms with Crippen LogP contribution in [0, 0.1) is 5.82 Å². The highest BCUT2D eigenvalue weighted by Gasteiger charge is 2.23. The van der Waals surface area contributed by atoms with Gasteiger partial charge >= 0.3 is 0 Å². The lowest BCUT2D eigenvalue weighted by Gasteiger charge is -2.31. The summed E-state index contributed by atoms with van der Waals surface area (Å²) in [6.45, 7) is 1.88. The van der Waals surface area contributed by atoms with Gasteiger partial charge in [-0.2, -0.15) is 5.10 Å². The molecule has 3 heterocycles. The van der Waals surface area contributed by atoms with Crippen molar-refractivity contribution in [3.8, 4) is 0 Å².